The molecule has 1 atom stereocenters. The van der Waals surface area contributed by atoms with E-state index in [0.29, 0.717) is 24.0 Å². The zero-order valence-electron chi connectivity index (χ0n) is 15.9. The van der Waals surface area contributed by atoms with Gasteiger partial charge in [-0.25, -0.2) is 0 Å². The van der Waals surface area contributed by atoms with Gasteiger partial charge in [0.1, 0.15) is 5.78 Å². The standard InChI is InChI=1S/C21H33NO/c1-8-16(20(23)10-3)19(9-2)22-21-17(14(4)5)12-11-13-18(21)15(6)7/h11-16H,8-10H2,1-7H3. The smallest absolute Gasteiger partial charge is 0.141 e. The minimum absolute atomic E-state index is 0.0368. The normalized spacial score (nSPS) is 13.7. The number of para-hydroxylation sites is 1. The maximum atomic E-state index is 12.3. The molecule has 0 fully saturated rings. The van der Waals surface area contributed by atoms with Crippen molar-refractivity contribution in [3.05, 3.63) is 29.3 Å². The lowest BCUT2D eigenvalue weighted by Gasteiger charge is -2.20. The first kappa shape index (κ1) is 19.6. The summed E-state index contributed by atoms with van der Waals surface area (Å²) in [6, 6.07) is 6.47. The molecule has 1 unspecified atom stereocenters. The summed E-state index contributed by atoms with van der Waals surface area (Å²) in [6.45, 7) is 15.0. The Morgan fingerprint density at radius 2 is 1.48 bits per heavy atom. The summed E-state index contributed by atoms with van der Waals surface area (Å²) < 4.78 is 0. The fourth-order valence-electron chi connectivity index (χ4n) is 3.08. The van der Waals surface area contributed by atoms with E-state index < -0.39 is 0 Å². The average Bonchev–Trinajstić information content (AvgIpc) is 2.53. The number of benzene rings is 1. The largest absolute Gasteiger partial charge is 0.299 e. The van der Waals surface area contributed by atoms with Gasteiger partial charge >= 0.3 is 0 Å². The minimum Gasteiger partial charge on any atom is -0.299 e. The lowest BCUT2D eigenvalue weighted by atomic mass is 9.90. The Bertz CT molecular complexity index is 529. The number of carbonyl (C=O) groups is 1. The highest BCUT2D eigenvalue weighted by atomic mass is 16.1. The van der Waals surface area contributed by atoms with Crippen LogP contribution in [0.15, 0.2) is 23.2 Å². The van der Waals surface area contributed by atoms with Crippen LogP contribution in [0.1, 0.15) is 90.7 Å². The molecule has 0 saturated heterocycles. The van der Waals surface area contributed by atoms with Crippen LogP contribution in [0.25, 0.3) is 0 Å². The highest BCUT2D eigenvalue weighted by Gasteiger charge is 2.21. The first-order valence-electron chi connectivity index (χ1n) is 9.10. The maximum Gasteiger partial charge on any atom is 0.141 e. The van der Waals surface area contributed by atoms with E-state index in [9.17, 15) is 4.79 Å². The summed E-state index contributed by atoms with van der Waals surface area (Å²) in [4.78, 5) is 17.3. The molecule has 0 amide bonds. The number of carbonyl (C=O) groups excluding carboxylic acids is 1. The van der Waals surface area contributed by atoms with Crippen LogP contribution in [0.5, 0.6) is 0 Å². The summed E-state index contributed by atoms with van der Waals surface area (Å²) in [5.41, 5.74) is 4.69. The van der Waals surface area contributed by atoms with Gasteiger partial charge in [-0.3, -0.25) is 9.79 Å². The van der Waals surface area contributed by atoms with E-state index in [1.54, 1.807) is 0 Å². The van der Waals surface area contributed by atoms with Crippen LogP contribution in [0.4, 0.5) is 5.69 Å². The fraction of sp³-hybridized carbons (Fsp3) is 0.619. The number of hydrogen-bond donors (Lipinski definition) is 0. The predicted octanol–water partition coefficient (Wildman–Crippen LogP) is 6.42. The van der Waals surface area contributed by atoms with Crippen molar-refractivity contribution in [2.45, 2.75) is 79.6 Å². The molecule has 1 rings (SSSR count). The van der Waals surface area contributed by atoms with E-state index >= 15 is 0 Å². The number of nitrogens with zero attached hydrogens (tertiary/aromatic N) is 1. The fourth-order valence-corrected chi connectivity index (χ4v) is 3.08. The van der Waals surface area contributed by atoms with Gasteiger partial charge in [-0.05, 0) is 35.8 Å². The predicted molar refractivity (Wildman–Crippen MR) is 101 cm³/mol. The zero-order chi connectivity index (χ0) is 17.6. The van der Waals surface area contributed by atoms with Crippen molar-refractivity contribution in [2.24, 2.45) is 10.9 Å². The lowest BCUT2D eigenvalue weighted by Crippen LogP contribution is -2.22. The third-order valence-electron chi connectivity index (χ3n) is 4.51. The second-order valence-electron chi connectivity index (χ2n) is 6.83. The van der Waals surface area contributed by atoms with Crippen molar-refractivity contribution in [2.75, 3.05) is 0 Å². The van der Waals surface area contributed by atoms with Gasteiger partial charge in [-0.15, -0.1) is 0 Å². The summed E-state index contributed by atoms with van der Waals surface area (Å²) >= 11 is 0. The van der Waals surface area contributed by atoms with Crippen LogP contribution < -0.4 is 0 Å². The molecule has 0 aliphatic rings. The highest BCUT2D eigenvalue weighted by Crippen LogP contribution is 2.35. The Kier molecular flexibility index (Phi) is 7.67. The molecule has 0 N–H and O–H groups in total. The van der Waals surface area contributed by atoms with E-state index in [4.69, 9.17) is 4.99 Å². The molecule has 0 radical (unpaired) electrons. The molecule has 0 aliphatic heterocycles. The average molecular weight is 316 g/mol. The topological polar surface area (TPSA) is 29.4 Å². The van der Waals surface area contributed by atoms with Crippen molar-refractivity contribution >= 4 is 17.2 Å². The monoisotopic (exact) mass is 315 g/mol. The molecule has 0 saturated carbocycles. The Morgan fingerprint density at radius 3 is 1.83 bits per heavy atom. The zero-order valence-corrected chi connectivity index (χ0v) is 15.9. The molecule has 128 valence electrons. The Balaban J connectivity index is 3.49. The first-order chi connectivity index (χ1) is 10.9. The molecule has 0 spiro atoms. The van der Waals surface area contributed by atoms with Gasteiger partial charge in [-0.2, -0.15) is 0 Å². The lowest BCUT2D eigenvalue weighted by molar-refractivity contribution is -0.120. The Morgan fingerprint density at radius 1 is 0.957 bits per heavy atom. The summed E-state index contributed by atoms with van der Waals surface area (Å²) in [7, 11) is 0. The van der Waals surface area contributed by atoms with Crippen molar-refractivity contribution < 1.29 is 4.79 Å². The number of hydrogen-bond acceptors (Lipinski definition) is 2. The summed E-state index contributed by atoms with van der Waals surface area (Å²) in [6.07, 6.45) is 2.24. The first-order valence-corrected chi connectivity index (χ1v) is 9.10. The van der Waals surface area contributed by atoms with Gasteiger partial charge < -0.3 is 0 Å². The van der Waals surface area contributed by atoms with Crippen molar-refractivity contribution in [1.82, 2.24) is 0 Å². The van der Waals surface area contributed by atoms with Crippen LogP contribution in [-0.2, 0) is 4.79 Å². The quantitative estimate of drug-likeness (QED) is 0.509. The number of rotatable bonds is 8. The van der Waals surface area contributed by atoms with Gasteiger partial charge in [-0.1, -0.05) is 66.7 Å². The molecular weight excluding hydrogens is 282 g/mol. The molecular formula is C21H33NO. The molecule has 0 heterocycles. The van der Waals surface area contributed by atoms with Gasteiger partial charge in [0.2, 0.25) is 0 Å². The van der Waals surface area contributed by atoms with Gasteiger partial charge in [0, 0.05) is 12.1 Å². The van der Waals surface area contributed by atoms with Gasteiger partial charge in [0.15, 0.2) is 0 Å². The summed E-state index contributed by atoms with van der Waals surface area (Å²) in [5.74, 6) is 1.12. The molecule has 2 heteroatoms. The highest BCUT2D eigenvalue weighted by molar-refractivity contribution is 6.06. The molecule has 1 aromatic carbocycles. The van der Waals surface area contributed by atoms with E-state index in [1.165, 1.54) is 11.1 Å². The third-order valence-corrected chi connectivity index (χ3v) is 4.51. The van der Waals surface area contributed by atoms with Crippen LogP contribution in [0.2, 0.25) is 0 Å². The van der Waals surface area contributed by atoms with Crippen molar-refractivity contribution in [3.8, 4) is 0 Å². The van der Waals surface area contributed by atoms with Crippen LogP contribution in [-0.4, -0.2) is 11.5 Å². The molecule has 0 aliphatic carbocycles. The second-order valence-corrected chi connectivity index (χ2v) is 6.83. The molecule has 0 aromatic heterocycles. The molecule has 1 aromatic rings. The van der Waals surface area contributed by atoms with Crippen LogP contribution in [0.3, 0.4) is 0 Å². The second kappa shape index (κ2) is 9.00. The molecule has 2 nitrogen and oxygen atoms in total. The van der Waals surface area contributed by atoms with E-state index in [1.807, 2.05) is 6.92 Å². The van der Waals surface area contributed by atoms with E-state index in [0.717, 1.165) is 24.2 Å². The number of aliphatic imine (C=N–C) groups is 1. The Hall–Kier alpha value is -1.44. The molecule has 23 heavy (non-hydrogen) atoms. The van der Waals surface area contributed by atoms with Gasteiger partial charge in [0.05, 0.1) is 11.6 Å². The number of Topliss-reactive ketones (excluding diaryl/α,β-unsaturated/α-hetero) is 1. The van der Waals surface area contributed by atoms with E-state index in [-0.39, 0.29) is 5.92 Å². The summed E-state index contributed by atoms with van der Waals surface area (Å²) in [5, 5.41) is 0. The van der Waals surface area contributed by atoms with E-state index in [2.05, 4.69) is 59.7 Å². The number of ketones is 1. The third kappa shape index (κ3) is 4.76. The van der Waals surface area contributed by atoms with Crippen molar-refractivity contribution in [3.63, 3.8) is 0 Å². The van der Waals surface area contributed by atoms with Crippen LogP contribution >= 0.6 is 0 Å². The minimum atomic E-state index is -0.0368. The maximum absolute atomic E-state index is 12.3. The Labute approximate surface area is 142 Å². The van der Waals surface area contributed by atoms with Crippen molar-refractivity contribution in [1.29, 1.82) is 0 Å². The SMILES string of the molecule is CCC(=O)C(CC)C(CC)=Nc1c(C(C)C)cccc1C(C)C. The molecule has 0 bridgehead atoms. The van der Waals surface area contributed by atoms with Gasteiger partial charge in [0.25, 0.3) is 0 Å². The van der Waals surface area contributed by atoms with Crippen LogP contribution in [0, 0.1) is 5.92 Å².